The molecule has 0 aliphatic carbocycles. The maximum atomic E-state index is 13.9. The van der Waals surface area contributed by atoms with Crippen LogP contribution in [0.25, 0.3) is 0 Å². The maximum Gasteiger partial charge on any atom is 0.258 e. The minimum atomic E-state index is -1.58. The maximum absolute atomic E-state index is 13.9. The molecule has 0 radical (unpaired) electrons. The van der Waals surface area contributed by atoms with Gasteiger partial charge in [0, 0.05) is 11.3 Å². The van der Waals surface area contributed by atoms with E-state index >= 15 is 0 Å². The molecule has 1 aliphatic heterocycles. The lowest BCUT2D eigenvalue weighted by atomic mass is 9.97. The van der Waals surface area contributed by atoms with Crippen molar-refractivity contribution in [2.75, 3.05) is 12.5 Å². The predicted octanol–water partition coefficient (Wildman–Crippen LogP) is 4.08. The highest BCUT2D eigenvalue weighted by Crippen LogP contribution is 2.40. The van der Waals surface area contributed by atoms with E-state index < -0.39 is 34.7 Å². The van der Waals surface area contributed by atoms with Crippen molar-refractivity contribution < 1.29 is 24.2 Å². The first kappa shape index (κ1) is 32.1. The lowest BCUT2D eigenvalue weighted by Crippen LogP contribution is -2.59. The molecule has 1 heterocycles. The minimum Gasteiger partial charge on any atom is -0.483 e. The van der Waals surface area contributed by atoms with Crippen molar-refractivity contribution in [3.8, 4) is 5.75 Å². The van der Waals surface area contributed by atoms with Gasteiger partial charge in [0.15, 0.2) is 12.7 Å². The van der Waals surface area contributed by atoms with E-state index in [0.717, 1.165) is 27.8 Å². The number of nitrogens with one attached hydrogen (secondary N) is 2. The Kier molecular flexibility index (Phi) is 10.5. The van der Waals surface area contributed by atoms with Crippen LogP contribution in [-0.4, -0.2) is 63.1 Å². The molecule has 8 nitrogen and oxygen atoms in total. The average Bonchev–Trinajstić information content (AvgIpc) is 3.30. The lowest BCUT2D eigenvalue weighted by Gasteiger charge is -2.33. The predicted molar refractivity (Wildman–Crippen MR) is 170 cm³/mol. The van der Waals surface area contributed by atoms with Crippen LogP contribution >= 0.6 is 11.8 Å². The van der Waals surface area contributed by atoms with Crippen LogP contribution in [0.2, 0.25) is 0 Å². The Labute approximate surface area is 258 Å². The van der Waals surface area contributed by atoms with Gasteiger partial charge in [0.25, 0.3) is 11.8 Å². The van der Waals surface area contributed by atoms with Crippen molar-refractivity contribution in [1.29, 1.82) is 0 Å². The number of para-hydroxylation sites is 1. The molecule has 3 aromatic carbocycles. The topological polar surface area (TPSA) is 108 Å². The van der Waals surface area contributed by atoms with Crippen molar-refractivity contribution in [2.45, 2.75) is 70.5 Å². The second-order valence-electron chi connectivity index (χ2n) is 11.5. The SMILES string of the molecule is Cc1ccccc1CNC(=O)C1N(C(=O)C(O)C(Cc2ccccc2)NC(=O)COc2c(C)cccc2C)CSC1(C)C. The van der Waals surface area contributed by atoms with Crippen LogP contribution in [-0.2, 0) is 27.3 Å². The first-order valence-electron chi connectivity index (χ1n) is 14.4. The highest BCUT2D eigenvalue weighted by molar-refractivity contribution is 8.00. The Bertz CT molecular complexity index is 1420. The van der Waals surface area contributed by atoms with E-state index in [0.29, 0.717) is 12.3 Å². The molecule has 228 valence electrons. The van der Waals surface area contributed by atoms with Crippen LogP contribution in [0.5, 0.6) is 5.75 Å². The minimum absolute atomic E-state index is 0.220. The summed E-state index contributed by atoms with van der Waals surface area (Å²) in [6.07, 6.45) is -1.36. The van der Waals surface area contributed by atoms with Gasteiger partial charge in [0.1, 0.15) is 11.8 Å². The summed E-state index contributed by atoms with van der Waals surface area (Å²) in [5.41, 5.74) is 4.71. The third kappa shape index (κ3) is 7.97. The quantitative estimate of drug-likeness (QED) is 0.305. The van der Waals surface area contributed by atoms with Crippen molar-refractivity contribution in [2.24, 2.45) is 0 Å². The number of carbonyl (C=O) groups excluding carboxylic acids is 3. The van der Waals surface area contributed by atoms with Gasteiger partial charge >= 0.3 is 0 Å². The van der Waals surface area contributed by atoms with E-state index in [9.17, 15) is 19.5 Å². The summed E-state index contributed by atoms with van der Waals surface area (Å²) >= 11 is 1.48. The molecule has 0 bridgehead atoms. The molecular weight excluding hydrogens is 562 g/mol. The first-order valence-corrected chi connectivity index (χ1v) is 15.4. The normalized spacial score (nSPS) is 17.2. The molecule has 1 fully saturated rings. The summed E-state index contributed by atoms with van der Waals surface area (Å²) < 4.78 is 5.24. The van der Waals surface area contributed by atoms with Gasteiger partial charge in [-0.1, -0.05) is 72.8 Å². The summed E-state index contributed by atoms with van der Waals surface area (Å²) in [5.74, 6) is -0.480. The van der Waals surface area contributed by atoms with Gasteiger partial charge < -0.3 is 25.4 Å². The van der Waals surface area contributed by atoms with Crippen LogP contribution < -0.4 is 15.4 Å². The van der Waals surface area contributed by atoms with E-state index in [1.807, 2.05) is 107 Å². The molecule has 1 aliphatic rings. The fourth-order valence-corrected chi connectivity index (χ4v) is 6.51. The Morgan fingerprint density at radius 3 is 2.26 bits per heavy atom. The third-order valence-electron chi connectivity index (χ3n) is 7.83. The largest absolute Gasteiger partial charge is 0.483 e. The Balaban J connectivity index is 1.49. The number of hydrogen-bond acceptors (Lipinski definition) is 6. The molecule has 0 spiro atoms. The number of ether oxygens (including phenoxy) is 1. The van der Waals surface area contributed by atoms with Gasteiger partial charge in [-0.2, -0.15) is 0 Å². The van der Waals surface area contributed by atoms with Crippen molar-refractivity contribution in [3.63, 3.8) is 0 Å². The third-order valence-corrected chi connectivity index (χ3v) is 9.20. The molecule has 0 saturated carbocycles. The highest BCUT2D eigenvalue weighted by Gasteiger charge is 2.49. The molecule has 3 aromatic rings. The fraction of sp³-hybridized carbons (Fsp3) is 0.382. The van der Waals surface area contributed by atoms with Gasteiger partial charge in [-0.25, -0.2) is 0 Å². The van der Waals surface area contributed by atoms with Gasteiger partial charge in [-0.05, 0) is 68.9 Å². The number of aryl methyl sites for hydroxylation is 3. The molecule has 9 heteroatoms. The van der Waals surface area contributed by atoms with E-state index in [1.54, 1.807) is 0 Å². The lowest BCUT2D eigenvalue weighted by molar-refractivity contribution is -0.148. The summed E-state index contributed by atoms with van der Waals surface area (Å²) in [4.78, 5) is 41.9. The van der Waals surface area contributed by atoms with Crippen molar-refractivity contribution in [3.05, 3.63) is 101 Å². The van der Waals surface area contributed by atoms with E-state index in [4.69, 9.17) is 4.74 Å². The number of benzene rings is 3. The number of amides is 3. The molecule has 3 N–H and O–H groups in total. The molecule has 3 atom stereocenters. The molecule has 43 heavy (non-hydrogen) atoms. The smallest absolute Gasteiger partial charge is 0.258 e. The monoisotopic (exact) mass is 603 g/mol. The van der Waals surface area contributed by atoms with Crippen molar-refractivity contribution in [1.82, 2.24) is 15.5 Å². The first-order chi connectivity index (χ1) is 20.5. The van der Waals surface area contributed by atoms with Gasteiger partial charge in [-0.15, -0.1) is 11.8 Å². The summed E-state index contributed by atoms with van der Waals surface area (Å²) in [7, 11) is 0. The Hall–Kier alpha value is -3.82. The molecule has 1 saturated heterocycles. The van der Waals surface area contributed by atoms with E-state index in [1.165, 1.54) is 16.7 Å². The van der Waals surface area contributed by atoms with Crippen LogP contribution in [0, 0.1) is 20.8 Å². The van der Waals surface area contributed by atoms with Gasteiger partial charge in [0.2, 0.25) is 5.91 Å². The summed E-state index contributed by atoms with van der Waals surface area (Å²) in [5, 5.41) is 17.3. The molecule has 4 rings (SSSR count). The Morgan fingerprint density at radius 2 is 1.58 bits per heavy atom. The van der Waals surface area contributed by atoms with Crippen LogP contribution in [0.1, 0.15) is 41.7 Å². The van der Waals surface area contributed by atoms with E-state index in [2.05, 4.69) is 10.6 Å². The van der Waals surface area contributed by atoms with Crippen LogP contribution in [0.15, 0.2) is 72.8 Å². The number of aliphatic hydroxyl groups excluding tert-OH is 1. The number of thioether (sulfide) groups is 1. The zero-order valence-corrected chi connectivity index (χ0v) is 26.2. The molecule has 3 unspecified atom stereocenters. The average molecular weight is 604 g/mol. The molecule has 0 aromatic heterocycles. The summed E-state index contributed by atoms with van der Waals surface area (Å²) in [6, 6.07) is 21.2. The fourth-order valence-electron chi connectivity index (χ4n) is 5.36. The Morgan fingerprint density at radius 1 is 0.953 bits per heavy atom. The second-order valence-corrected chi connectivity index (χ2v) is 13.1. The zero-order chi connectivity index (χ0) is 31.1. The van der Waals surface area contributed by atoms with Crippen LogP contribution in [0.3, 0.4) is 0 Å². The second kappa shape index (κ2) is 14.1. The van der Waals surface area contributed by atoms with Crippen LogP contribution in [0.4, 0.5) is 0 Å². The number of nitrogens with zero attached hydrogens (tertiary/aromatic N) is 1. The number of rotatable bonds is 11. The van der Waals surface area contributed by atoms with Crippen molar-refractivity contribution >= 4 is 29.5 Å². The molecule has 3 amide bonds. The van der Waals surface area contributed by atoms with Gasteiger partial charge in [0.05, 0.1) is 11.9 Å². The standard InChI is InChI=1S/C34H41N3O5S/c1-22-12-9-10-17-26(22)19-35-32(40)31-34(4,5)43-21-37(31)33(41)29(39)27(18-25-15-7-6-8-16-25)36-28(38)20-42-30-23(2)13-11-14-24(30)3/h6-17,27,29,31,39H,18-21H2,1-5H3,(H,35,40)(H,36,38). The number of carbonyl (C=O) groups is 3. The zero-order valence-electron chi connectivity index (χ0n) is 25.4. The number of aliphatic hydroxyl groups is 1. The number of hydrogen-bond donors (Lipinski definition) is 3. The van der Waals surface area contributed by atoms with Gasteiger partial charge in [-0.3, -0.25) is 14.4 Å². The highest BCUT2D eigenvalue weighted by atomic mass is 32.2. The molecular formula is C34H41N3O5S. The summed E-state index contributed by atoms with van der Waals surface area (Å²) in [6.45, 7) is 9.70. The van der Waals surface area contributed by atoms with E-state index in [-0.39, 0.29) is 24.8 Å².